The maximum Gasteiger partial charge on any atom is 0.224 e. The van der Waals surface area contributed by atoms with Crippen LogP contribution in [0.2, 0.25) is 0 Å². The monoisotopic (exact) mass is 274 g/mol. The summed E-state index contributed by atoms with van der Waals surface area (Å²) in [5, 5.41) is 0. The fourth-order valence-electron chi connectivity index (χ4n) is 1.74. The summed E-state index contributed by atoms with van der Waals surface area (Å²) in [4.78, 5) is 8.52. The highest BCUT2D eigenvalue weighted by Gasteiger charge is 2.05. The van der Waals surface area contributed by atoms with Crippen LogP contribution in [0.5, 0.6) is 11.6 Å². The van der Waals surface area contributed by atoms with Crippen molar-refractivity contribution in [1.82, 2.24) is 9.97 Å². The van der Waals surface area contributed by atoms with E-state index in [1.54, 1.807) is 13.2 Å². The molecule has 0 radical (unpaired) electrons. The van der Waals surface area contributed by atoms with Crippen LogP contribution in [0.15, 0.2) is 30.3 Å². The maximum absolute atomic E-state index is 5.75. The van der Waals surface area contributed by atoms with Gasteiger partial charge in [-0.25, -0.2) is 10.8 Å². The topological polar surface area (TPSA) is 82.3 Å². The van der Waals surface area contributed by atoms with E-state index >= 15 is 0 Å². The zero-order chi connectivity index (χ0) is 14.4. The van der Waals surface area contributed by atoms with E-state index in [0.29, 0.717) is 36.3 Å². The number of nitrogens with zero attached hydrogens (tertiary/aromatic N) is 2. The van der Waals surface area contributed by atoms with Crippen molar-refractivity contribution in [2.45, 2.75) is 20.0 Å². The van der Waals surface area contributed by atoms with Crippen molar-refractivity contribution in [3.63, 3.8) is 0 Å². The second-order valence-electron chi connectivity index (χ2n) is 4.19. The van der Waals surface area contributed by atoms with Crippen LogP contribution in [0.1, 0.15) is 18.3 Å². The lowest BCUT2D eigenvalue weighted by molar-refractivity contribution is 0.184. The lowest BCUT2D eigenvalue weighted by Crippen LogP contribution is -2.10. The smallest absolute Gasteiger partial charge is 0.224 e. The number of aromatic nitrogens is 2. The molecule has 0 aliphatic rings. The second kappa shape index (κ2) is 6.83. The minimum atomic E-state index is 0.458. The van der Waals surface area contributed by atoms with Crippen LogP contribution in [0.4, 0.5) is 5.82 Å². The van der Waals surface area contributed by atoms with E-state index in [9.17, 15) is 0 Å². The summed E-state index contributed by atoms with van der Waals surface area (Å²) in [7, 11) is 1.66. The molecular formula is C14H18N4O2. The van der Waals surface area contributed by atoms with Crippen molar-refractivity contribution in [1.29, 1.82) is 0 Å². The van der Waals surface area contributed by atoms with E-state index < -0.39 is 0 Å². The number of aryl methyl sites for hydroxylation is 1. The molecule has 6 heteroatoms. The third-order valence-electron chi connectivity index (χ3n) is 2.64. The van der Waals surface area contributed by atoms with Crippen LogP contribution in [-0.4, -0.2) is 17.1 Å². The normalized spacial score (nSPS) is 10.3. The summed E-state index contributed by atoms with van der Waals surface area (Å²) < 4.78 is 10.8. The first-order valence-electron chi connectivity index (χ1n) is 6.35. The SMILES string of the molecule is CCc1nc(NN)cc(Oc2cccc(COC)c2)n1. The zero-order valence-corrected chi connectivity index (χ0v) is 11.6. The molecule has 3 N–H and O–H groups in total. The van der Waals surface area contributed by atoms with Crippen LogP contribution in [0.25, 0.3) is 0 Å². The highest BCUT2D eigenvalue weighted by atomic mass is 16.5. The van der Waals surface area contributed by atoms with Gasteiger partial charge in [-0.05, 0) is 17.7 Å². The van der Waals surface area contributed by atoms with Crippen LogP contribution in [-0.2, 0) is 17.8 Å². The van der Waals surface area contributed by atoms with Crippen molar-refractivity contribution in [2.24, 2.45) is 5.84 Å². The Morgan fingerprint density at radius 3 is 2.80 bits per heavy atom. The Labute approximate surface area is 117 Å². The predicted octanol–water partition coefficient (Wildman–Crippen LogP) is 2.26. The Kier molecular flexibility index (Phi) is 4.86. The minimum absolute atomic E-state index is 0.458. The quantitative estimate of drug-likeness (QED) is 0.621. The molecule has 1 heterocycles. The summed E-state index contributed by atoms with van der Waals surface area (Å²) in [6, 6.07) is 9.31. The molecule has 0 saturated heterocycles. The molecule has 2 rings (SSSR count). The number of benzene rings is 1. The highest BCUT2D eigenvalue weighted by Crippen LogP contribution is 2.22. The molecule has 2 aromatic rings. The first kappa shape index (κ1) is 14.2. The molecule has 0 aliphatic heterocycles. The third kappa shape index (κ3) is 3.66. The Morgan fingerprint density at radius 2 is 2.10 bits per heavy atom. The number of methoxy groups -OCH3 is 1. The largest absolute Gasteiger partial charge is 0.439 e. The first-order chi connectivity index (χ1) is 9.75. The number of hydrogen-bond donors (Lipinski definition) is 2. The van der Waals surface area contributed by atoms with E-state index in [1.165, 1.54) is 0 Å². The average molecular weight is 274 g/mol. The predicted molar refractivity (Wildman–Crippen MR) is 76.4 cm³/mol. The Morgan fingerprint density at radius 1 is 1.25 bits per heavy atom. The molecule has 0 saturated carbocycles. The van der Waals surface area contributed by atoms with Crippen LogP contribution in [0.3, 0.4) is 0 Å². The maximum atomic E-state index is 5.75. The van der Waals surface area contributed by atoms with Gasteiger partial charge in [0.2, 0.25) is 5.88 Å². The van der Waals surface area contributed by atoms with E-state index in [1.807, 2.05) is 31.2 Å². The van der Waals surface area contributed by atoms with Crippen LogP contribution < -0.4 is 16.0 Å². The van der Waals surface area contributed by atoms with E-state index in [4.69, 9.17) is 15.3 Å². The van der Waals surface area contributed by atoms with Gasteiger partial charge in [0.05, 0.1) is 6.61 Å². The van der Waals surface area contributed by atoms with Gasteiger partial charge in [-0.1, -0.05) is 19.1 Å². The number of hydrazine groups is 1. The van der Waals surface area contributed by atoms with Crippen molar-refractivity contribution >= 4 is 5.82 Å². The van der Waals surface area contributed by atoms with Gasteiger partial charge in [0.15, 0.2) is 0 Å². The molecule has 0 spiro atoms. The van der Waals surface area contributed by atoms with Crippen molar-refractivity contribution < 1.29 is 9.47 Å². The van der Waals surface area contributed by atoms with Gasteiger partial charge >= 0.3 is 0 Å². The molecule has 0 unspecified atom stereocenters. The molecule has 1 aromatic heterocycles. The average Bonchev–Trinajstić information content (AvgIpc) is 2.47. The molecule has 0 bridgehead atoms. The second-order valence-corrected chi connectivity index (χ2v) is 4.19. The molecular weight excluding hydrogens is 256 g/mol. The van der Waals surface area contributed by atoms with Gasteiger partial charge < -0.3 is 14.9 Å². The molecule has 20 heavy (non-hydrogen) atoms. The standard InChI is InChI=1S/C14H18N4O2/c1-3-12-16-13(18-15)8-14(17-12)20-11-6-4-5-10(7-11)9-19-2/h4-8H,3,9,15H2,1-2H3,(H,16,17,18). The summed E-state index contributed by atoms with van der Waals surface area (Å²) in [6.45, 7) is 2.51. The molecule has 1 aromatic carbocycles. The fraction of sp³-hybridized carbons (Fsp3) is 0.286. The summed E-state index contributed by atoms with van der Waals surface area (Å²) in [5.41, 5.74) is 3.54. The van der Waals surface area contributed by atoms with Crippen LogP contribution >= 0.6 is 0 Å². The molecule has 6 nitrogen and oxygen atoms in total. The third-order valence-corrected chi connectivity index (χ3v) is 2.64. The number of nitrogen functional groups attached to an aromatic ring is 1. The lowest BCUT2D eigenvalue weighted by Gasteiger charge is -2.09. The van der Waals surface area contributed by atoms with Gasteiger partial charge in [0.25, 0.3) is 0 Å². The summed E-state index contributed by atoms with van der Waals surface area (Å²) in [6.07, 6.45) is 0.704. The number of anilines is 1. The molecule has 0 fully saturated rings. The van der Waals surface area contributed by atoms with Gasteiger partial charge in [-0.2, -0.15) is 4.98 Å². The Hall–Kier alpha value is -2.18. The number of rotatable bonds is 6. The van der Waals surface area contributed by atoms with E-state index in [2.05, 4.69) is 15.4 Å². The van der Waals surface area contributed by atoms with Gasteiger partial charge in [-0.15, -0.1) is 0 Å². The molecule has 0 atom stereocenters. The van der Waals surface area contributed by atoms with E-state index in [0.717, 1.165) is 5.56 Å². The van der Waals surface area contributed by atoms with Gasteiger partial charge in [-0.3, -0.25) is 0 Å². The Balaban J connectivity index is 2.22. The summed E-state index contributed by atoms with van der Waals surface area (Å²) >= 11 is 0. The van der Waals surface area contributed by atoms with E-state index in [-0.39, 0.29) is 0 Å². The minimum Gasteiger partial charge on any atom is -0.439 e. The fourth-order valence-corrected chi connectivity index (χ4v) is 1.74. The first-order valence-corrected chi connectivity index (χ1v) is 6.35. The molecule has 0 aliphatic carbocycles. The highest BCUT2D eigenvalue weighted by molar-refractivity contribution is 5.39. The summed E-state index contributed by atoms with van der Waals surface area (Å²) in [5.74, 6) is 7.74. The lowest BCUT2D eigenvalue weighted by atomic mass is 10.2. The number of nitrogens with two attached hydrogens (primary N) is 1. The van der Waals surface area contributed by atoms with Crippen molar-refractivity contribution in [3.05, 3.63) is 41.7 Å². The van der Waals surface area contributed by atoms with Crippen LogP contribution in [0, 0.1) is 0 Å². The number of ether oxygens (including phenoxy) is 2. The Bertz CT molecular complexity index is 553. The van der Waals surface area contributed by atoms with Crippen molar-refractivity contribution in [3.8, 4) is 11.6 Å². The molecule has 106 valence electrons. The number of hydrogen-bond acceptors (Lipinski definition) is 6. The molecule has 0 amide bonds. The zero-order valence-electron chi connectivity index (χ0n) is 11.6. The van der Waals surface area contributed by atoms with Gasteiger partial charge in [0, 0.05) is 19.6 Å². The van der Waals surface area contributed by atoms with Gasteiger partial charge in [0.1, 0.15) is 17.4 Å². The van der Waals surface area contributed by atoms with Crippen molar-refractivity contribution in [2.75, 3.05) is 12.5 Å². The number of nitrogens with one attached hydrogen (secondary N) is 1.